The number of fused-ring (bicyclic) bond motifs is 1. The van der Waals surface area contributed by atoms with E-state index in [9.17, 15) is 9.59 Å². The van der Waals surface area contributed by atoms with Gasteiger partial charge < -0.3 is 10.3 Å². The molecule has 2 aromatic rings. The Morgan fingerprint density at radius 3 is 3.00 bits per heavy atom. The lowest BCUT2D eigenvalue weighted by Gasteiger charge is -2.11. The highest BCUT2D eigenvalue weighted by atomic mass is 16.1. The van der Waals surface area contributed by atoms with Gasteiger partial charge in [-0.25, -0.2) is 4.98 Å². The SMILES string of the molecule is N#Cc1ccc2c(c1)CC(n1ccnc1C(N)=O)C2=O. The third-order valence-electron chi connectivity index (χ3n) is 3.44. The van der Waals surface area contributed by atoms with Crippen LogP contribution in [-0.4, -0.2) is 21.2 Å². The maximum absolute atomic E-state index is 12.4. The summed E-state index contributed by atoms with van der Waals surface area (Å²) in [6.45, 7) is 0. The van der Waals surface area contributed by atoms with Crippen molar-refractivity contribution in [3.63, 3.8) is 0 Å². The van der Waals surface area contributed by atoms with Crippen molar-refractivity contribution in [1.82, 2.24) is 9.55 Å². The highest BCUT2D eigenvalue weighted by molar-refractivity contribution is 6.04. The van der Waals surface area contributed by atoms with E-state index in [1.807, 2.05) is 6.07 Å². The van der Waals surface area contributed by atoms with Crippen molar-refractivity contribution in [3.8, 4) is 6.07 Å². The maximum atomic E-state index is 12.4. The number of imidazole rings is 1. The number of aromatic nitrogens is 2. The monoisotopic (exact) mass is 266 g/mol. The molecule has 2 N–H and O–H groups in total. The highest BCUT2D eigenvalue weighted by Crippen LogP contribution is 2.31. The second kappa shape index (κ2) is 4.31. The molecule has 98 valence electrons. The van der Waals surface area contributed by atoms with Gasteiger partial charge in [-0.2, -0.15) is 5.26 Å². The Bertz CT molecular complexity index is 770. The van der Waals surface area contributed by atoms with Crippen molar-refractivity contribution in [2.24, 2.45) is 5.73 Å². The van der Waals surface area contributed by atoms with Gasteiger partial charge >= 0.3 is 0 Å². The van der Waals surface area contributed by atoms with Gasteiger partial charge in [0.05, 0.1) is 11.6 Å². The molecule has 6 nitrogen and oxygen atoms in total. The molecule has 1 aromatic carbocycles. The smallest absolute Gasteiger partial charge is 0.284 e. The minimum atomic E-state index is -0.670. The first-order valence-electron chi connectivity index (χ1n) is 6.01. The summed E-state index contributed by atoms with van der Waals surface area (Å²) in [6.07, 6.45) is 3.44. The first-order valence-corrected chi connectivity index (χ1v) is 6.01. The average Bonchev–Trinajstić information content (AvgIpc) is 3.03. The van der Waals surface area contributed by atoms with Crippen molar-refractivity contribution in [2.75, 3.05) is 0 Å². The van der Waals surface area contributed by atoms with Crippen LogP contribution >= 0.6 is 0 Å². The van der Waals surface area contributed by atoms with Crippen LogP contribution in [0.25, 0.3) is 0 Å². The number of carbonyl (C=O) groups excluding carboxylic acids is 2. The van der Waals surface area contributed by atoms with Gasteiger partial charge in [0.25, 0.3) is 5.91 Å². The van der Waals surface area contributed by atoms with Crippen LogP contribution in [0.3, 0.4) is 0 Å². The predicted octanol–water partition coefficient (Wildman–Crippen LogP) is 0.834. The van der Waals surface area contributed by atoms with E-state index < -0.39 is 11.9 Å². The predicted molar refractivity (Wildman–Crippen MR) is 69.0 cm³/mol. The van der Waals surface area contributed by atoms with E-state index in [1.54, 1.807) is 24.4 Å². The Balaban J connectivity index is 2.04. The van der Waals surface area contributed by atoms with E-state index in [0.717, 1.165) is 5.56 Å². The summed E-state index contributed by atoms with van der Waals surface area (Å²) in [4.78, 5) is 27.6. The fourth-order valence-electron chi connectivity index (χ4n) is 2.53. The fourth-order valence-corrected chi connectivity index (χ4v) is 2.53. The lowest BCUT2D eigenvalue weighted by atomic mass is 10.1. The number of ketones is 1. The summed E-state index contributed by atoms with van der Waals surface area (Å²) in [6, 6.07) is 6.49. The highest BCUT2D eigenvalue weighted by Gasteiger charge is 2.33. The van der Waals surface area contributed by atoms with Gasteiger partial charge in [-0.1, -0.05) is 0 Å². The molecule has 1 amide bonds. The van der Waals surface area contributed by atoms with Gasteiger partial charge in [0.15, 0.2) is 11.6 Å². The molecule has 0 saturated heterocycles. The zero-order chi connectivity index (χ0) is 14.3. The molecule has 0 bridgehead atoms. The molecular weight excluding hydrogens is 256 g/mol. The summed E-state index contributed by atoms with van der Waals surface area (Å²) in [5.74, 6) is -0.696. The quantitative estimate of drug-likeness (QED) is 0.869. The molecule has 0 radical (unpaired) electrons. The zero-order valence-corrected chi connectivity index (χ0v) is 10.4. The fraction of sp³-hybridized carbons (Fsp3) is 0.143. The molecule has 6 heteroatoms. The van der Waals surface area contributed by atoms with Crippen molar-refractivity contribution >= 4 is 11.7 Å². The van der Waals surface area contributed by atoms with Crippen LogP contribution < -0.4 is 5.73 Å². The average molecular weight is 266 g/mol. The molecule has 0 aliphatic heterocycles. The number of nitriles is 1. The summed E-state index contributed by atoms with van der Waals surface area (Å²) >= 11 is 0. The van der Waals surface area contributed by atoms with E-state index in [2.05, 4.69) is 4.98 Å². The Morgan fingerprint density at radius 1 is 1.50 bits per heavy atom. The number of amides is 1. The molecule has 1 unspecified atom stereocenters. The van der Waals surface area contributed by atoms with Gasteiger partial charge in [-0.05, 0) is 23.8 Å². The van der Waals surface area contributed by atoms with Gasteiger partial charge in [0.2, 0.25) is 0 Å². The van der Waals surface area contributed by atoms with E-state index in [4.69, 9.17) is 11.0 Å². The number of primary amides is 1. The van der Waals surface area contributed by atoms with Crippen LogP contribution in [-0.2, 0) is 6.42 Å². The molecule has 0 saturated carbocycles. The largest absolute Gasteiger partial charge is 0.363 e. The number of nitrogens with zero attached hydrogens (tertiary/aromatic N) is 3. The Hall–Kier alpha value is -2.94. The minimum Gasteiger partial charge on any atom is -0.363 e. The van der Waals surface area contributed by atoms with Crippen LogP contribution in [0.15, 0.2) is 30.6 Å². The molecule has 1 heterocycles. The number of carbonyl (C=O) groups is 2. The Kier molecular flexibility index (Phi) is 2.61. The van der Waals surface area contributed by atoms with E-state index in [-0.39, 0.29) is 11.6 Å². The van der Waals surface area contributed by atoms with Crippen LogP contribution in [0.1, 0.15) is 38.1 Å². The number of rotatable bonds is 2. The van der Waals surface area contributed by atoms with Crippen LogP contribution in [0, 0.1) is 11.3 Å². The second-order valence-corrected chi connectivity index (χ2v) is 4.59. The van der Waals surface area contributed by atoms with Crippen molar-refractivity contribution in [1.29, 1.82) is 5.26 Å². The minimum absolute atomic E-state index is 0.0664. The summed E-state index contributed by atoms with van der Waals surface area (Å²) < 4.78 is 1.50. The molecule has 3 rings (SSSR count). The van der Waals surface area contributed by atoms with Gasteiger partial charge in [-0.3, -0.25) is 9.59 Å². The summed E-state index contributed by atoms with van der Waals surface area (Å²) in [5.41, 5.74) is 7.15. The van der Waals surface area contributed by atoms with E-state index in [1.165, 1.54) is 10.8 Å². The standard InChI is InChI=1S/C14H10N4O2/c15-7-8-1-2-10-9(5-8)6-11(12(10)19)18-4-3-17-14(18)13(16)20/h1-5,11H,6H2,(H2,16,20). The van der Waals surface area contributed by atoms with Crippen LogP contribution in [0.4, 0.5) is 0 Å². The number of Topliss-reactive ketones (excluding diaryl/α,β-unsaturated/α-hetero) is 1. The van der Waals surface area contributed by atoms with Crippen LogP contribution in [0.2, 0.25) is 0 Å². The van der Waals surface area contributed by atoms with E-state index >= 15 is 0 Å². The number of hydrogen-bond acceptors (Lipinski definition) is 4. The molecule has 20 heavy (non-hydrogen) atoms. The Labute approximate surface area is 114 Å². The first kappa shape index (κ1) is 12.1. The van der Waals surface area contributed by atoms with Gasteiger partial charge in [0.1, 0.15) is 6.04 Å². The normalized spacial score (nSPS) is 16.8. The van der Waals surface area contributed by atoms with Gasteiger partial charge in [0, 0.05) is 24.4 Å². The van der Waals surface area contributed by atoms with Crippen molar-refractivity contribution < 1.29 is 9.59 Å². The third kappa shape index (κ3) is 1.68. The van der Waals surface area contributed by atoms with Crippen LogP contribution in [0.5, 0.6) is 0 Å². The topological polar surface area (TPSA) is 102 Å². The lowest BCUT2D eigenvalue weighted by Crippen LogP contribution is -2.23. The third-order valence-corrected chi connectivity index (χ3v) is 3.44. The number of hydrogen-bond donors (Lipinski definition) is 1. The molecule has 0 spiro atoms. The molecule has 1 atom stereocenters. The zero-order valence-electron chi connectivity index (χ0n) is 10.4. The first-order chi connectivity index (χ1) is 9.61. The Morgan fingerprint density at radius 2 is 2.30 bits per heavy atom. The number of nitrogens with two attached hydrogens (primary N) is 1. The molecule has 0 fully saturated rings. The van der Waals surface area contributed by atoms with E-state index in [0.29, 0.717) is 17.5 Å². The molecule has 1 aliphatic carbocycles. The lowest BCUT2D eigenvalue weighted by molar-refractivity contribution is 0.0931. The summed E-state index contributed by atoms with van der Waals surface area (Å²) in [7, 11) is 0. The molecular formula is C14H10N4O2. The molecule has 1 aliphatic rings. The van der Waals surface area contributed by atoms with Gasteiger partial charge in [-0.15, -0.1) is 0 Å². The maximum Gasteiger partial charge on any atom is 0.284 e. The second-order valence-electron chi connectivity index (χ2n) is 4.59. The summed E-state index contributed by atoms with van der Waals surface area (Å²) in [5, 5.41) is 8.89. The number of benzene rings is 1. The van der Waals surface area contributed by atoms with Crippen molar-refractivity contribution in [3.05, 3.63) is 53.1 Å². The molecule has 1 aromatic heterocycles. The van der Waals surface area contributed by atoms with Crippen molar-refractivity contribution in [2.45, 2.75) is 12.5 Å².